The van der Waals surface area contributed by atoms with E-state index in [9.17, 15) is 0 Å². The molecule has 2 aromatic rings. The smallest absolute Gasteiger partial charge is 0.266 e. The second kappa shape index (κ2) is 2.75. The summed E-state index contributed by atoms with van der Waals surface area (Å²) >= 11 is 0. The van der Waals surface area contributed by atoms with Crippen LogP contribution in [0.4, 0.5) is 0 Å². The van der Waals surface area contributed by atoms with Crippen LogP contribution in [0.15, 0.2) is 10.6 Å². The summed E-state index contributed by atoms with van der Waals surface area (Å²) in [6, 6.07) is 0. The number of nitrogens with zero attached hydrogens (tertiary/aromatic N) is 3. The van der Waals surface area contributed by atoms with Gasteiger partial charge in [0.1, 0.15) is 5.52 Å². The van der Waals surface area contributed by atoms with Gasteiger partial charge in [-0.1, -0.05) is 0 Å². The Morgan fingerprint density at radius 1 is 1.43 bits per heavy atom. The van der Waals surface area contributed by atoms with Crippen molar-refractivity contribution in [1.82, 2.24) is 15.2 Å². The van der Waals surface area contributed by atoms with Gasteiger partial charge in [-0.2, -0.15) is 5.10 Å². The van der Waals surface area contributed by atoms with Gasteiger partial charge in [-0.05, 0) is 20.8 Å². The Labute approximate surface area is 81.3 Å². The molecule has 0 aliphatic rings. The van der Waals surface area contributed by atoms with Gasteiger partial charge in [-0.3, -0.25) is 0 Å². The molecule has 2 rings (SSSR count). The van der Waals surface area contributed by atoms with E-state index in [0.29, 0.717) is 11.6 Å². The minimum absolute atomic E-state index is 0.443. The molecule has 2 N–H and O–H groups in total. The molecule has 0 radical (unpaired) electrons. The van der Waals surface area contributed by atoms with Crippen molar-refractivity contribution in [1.29, 1.82) is 0 Å². The summed E-state index contributed by atoms with van der Waals surface area (Å²) in [6.07, 6.45) is 1.65. The van der Waals surface area contributed by atoms with Gasteiger partial charge in [0.15, 0.2) is 0 Å². The summed E-state index contributed by atoms with van der Waals surface area (Å²) in [5.41, 5.74) is 7.39. The minimum atomic E-state index is -0.590. The average molecular weight is 192 g/mol. The van der Waals surface area contributed by atoms with Crippen LogP contribution >= 0.6 is 0 Å². The summed E-state index contributed by atoms with van der Waals surface area (Å²) in [5, 5.41) is 7.62. The molecule has 14 heavy (non-hydrogen) atoms. The molecular formula is C9H12N4O. The molecule has 0 bridgehead atoms. The highest BCUT2D eigenvalue weighted by Gasteiger charge is 2.22. The van der Waals surface area contributed by atoms with Crippen LogP contribution in [-0.2, 0) is 5.54 Å². The molecule has 0 aliphatic heterocycles. The third-order valence-corrected chi connectivity index (χ3v) is 1.93. The van der Waals surface area contributed by atoms with E-state index in [-0.39, 0.29) is 0 Å². The highest BCUT2D eigenvalue weighted by Crippen LogP contribution is 2.21. The SMILES string of the molecule is Cc1cnnc2oc(C(C)(C)N)nc12. The monoisotopic (exact) mass is 192 g/mol. The van der Waals surface area contributed by atoms with E-state index in [2.05, 4.69) is 15.2 Å². The molecule has 0 saturated carbocycles. The normalized spacial score (nSPS) is 12.3. The summed E-state index contributed by atoms with van der Waals surface area (Å²) < 4.78 is 5.40. The molecule has 74 valence electrons. The summed E-state index contributed by atoms with van der Waals surface area (Å²) in [7, 11) is 0. The molecule has 0 aromatic carbocycles. The minimum Gasteiger partial charge on any atom is -0.419 e. The third-order valence-electron chi connectivity index (χ3n) is 1.93. The molecule has 5 heteroatoms. The predicted molar refractivity (Wildman–Crippen MR) is 51.5 cm³/mol. The number of nitrogens with two attached hydrogens (primary N) is 1. The topological polar surface area (TPSA) is 77.8 Å². The molecule has 0 spiro atoms. The number of fused-ring (bicyclic) bond motifs is 1. The van der Waals surface area contributed by atoms with Crippen molar-refractivity contribution in [2.75, 3.05) is 0 Å². The Hall–Kier alpha value is -1.49. The third kappa shape index (κ3) is 1.35. The first-order chi connectivity index (χ1) is 6.48. The lowest BCUT2D eigenvalue weighted by molar-refractivity contribution is 0.390. The largest absolute Gasteiger partial charge is 0.419 e. The van der Waals surface area contributed by atoms with Gasteiger partial charge < -0.3 is 10.2 Å². The van der Waals surface area contributed by atoms with Crippen molar-refractivity contribution < 1.29 is 4.42 Å². The van der Waals surface area contributed by atoms with Gasteiger partial charge in [0.25, 0.3) is 5.71 Å². The number of aromatic nitrogens is 3. The molecular weight excluding hydrogens is 180 g/mol. The quantitative estimate of drug-likeness (QED) is 0.732. The van der Waals surface area contributed by atoms with Gasteiger partial charge in [0.05, 0.1) is 11.7 Å². The fourth-order valence-electron chi connectivity index (χ4n) is 1.14. The first-order valence-corrected chi connectivity index (χ1v) is 4.36. The molecule has 0 saturated heterocycles. The van der Waals surface area contributed by atoms with Crippen LogP contribution in [0.25, 0.3) is 11.2 Å². The van der Waals surface area contributed by atoms with Crippen LogP contribution < -0.4 is 5.73 Å². The Balaban J connectivity index is 2.69. The van der Waals surface area contributed by atoms with Crippen LogP contribution in [0, 0.1) is 6.92 Å². The van der Waals surface area contributed by atoms with E-state index in [1.165, 1.54) is 0 Å². The standard InChI is InChI=1S/C9H12N4O/c1-5-4-11-13-7-6(5)12-8(14-7)9(2,3)10/h4H,10H2,1-3H3. The summed E-state index contributed by atoms with van der Waals surface area (Å²) in [5.74, 6) is 0.483. The zero-order valence-electron chi connectivity index (χ0n) is 8.40. The second-order valence-corrected chi connectivity index (χ2v) is 3.92. The van der Waals surface area contributed by atoms with E-state index in [4.69, 9.17) is 10.2 Å². The highest BCUT2D eigenvalue weighted by atomic mass is 16.4. The zero-order chi connectivity index (χ0) is 10.3. The Kier molecular flexibility index (Phi) is 1.78. The van der Waals surface area contributed by atoms with Crippen LogP contribution in [0.3, 0.4) is 0 Å². The zero-order valence-corrected chi connectivity index (χ0v) is 8.40. The van der Waals surface area contributed by atoms with Crippen molar-refractivity contribution in [3.05, 3.63) is 17.7 Å². The van der Waals surface area contributed by atoms with Crippen LogP contribution in [-0.4, -0.2) is 15.2 Å². The lowest BCUT2D eigenvalue weighted by atomic mass is 10.1. The van der Waals surface area contributed by atoms with Crippen LogP contribution in [0.1, 0.15) is 25.3 Å². The van der Waals surface area contributed by atoms with Gasteiger partial charge in [-0.15, -0.1) is 5.10 Å². The van der Waals surface area contributed by atoms with Crippen LogP contribution in [0.5, 0.6) is 0 Å². The second-order valence-electron chi connectivity index (χ2n) is 3.92. The van der Waals surface area contributed by atoms with Crippen molar-refractivity contribution in [3.63, 3.8) is 0 Å². The van der Waals surface area contributed by atoms with Crippen molar-refractivity contribution in [3.8, 4) is 0 Å². The van der Waals surface area contributed by atoms with Crippen molar-refractivity contribution in [2.24, 2.45) is 5.73 Å². The molecule has 0 unspecified atom stereocenters. The molecule has 5 nitrogen and oxygen atoms in total. The highest BCUT2D eigenvalue weighted by molar-refractivity contribution is 5.71. The Bertz CT molecular complexity index is 469. The fourth-order valence-corrected chi connectivity index (χ4v) is 1.14. The van der Waals surface area contributed by atoms with Crippen molar-refractivity contribution in [2.45, 2.75) is 26.3 Å². The Morgan fingerprint density at radius 3 is 2.71 bits per heavy atom. The maximum Gasteiger partial charge on any atom is 0.266 e. The molecule has 2 heterocycles. The van der Waals surface area contributed by atoms with E-state index < -0.39 is 5.54 Å². The van der Waals surface area contributed by atoms with Crippen LogP contribution in [0.2, 0.25) is 0 Å². The van der Waals surface area contributed by atoms with E-state index in [0.717, 1.165) is 11.1 Å². The molecule has 0 aliphatic carbocycles. The van der Waals surface area contributed by atoms with E-state index in [1.807, 2.05) is 20.8 Å². The first kappa shape index (κ1) is 9.08. The summed E-state index contributed by atoms with van der Waals surface area (Å²) in [6.45, 7) is 5.58. The average Bonchev–Trinajstić information content (AvgIpc) is 2.48. The van der Waals surface area contributed by atoms with Gasteiger partial charge >= 0.3 is 0 Å². The van der Waals surface area contributed by atoms with Crippen molar-refractivity contribution >= 4 is 11.2 Å². The van der Waals surface area contributed by atoms with Gasteiger partial charge in [0.2, 0.25) is 5.89 Å². The predicted octanol–water partition coefficient (Wildman–Crippen LogP) is 1.12. The Morgan fingerprint density at radius 2 is 2.14 bits per heavy atom. The molecule has 0 amide bonds. The number of hydrogen-bond acceptors (Lipinski definition) is 5. The number of rotatable bonds is 1. The number of hydrogen-bond donors (Lipinski definition) is 1. The van der Waals surface area contributed by atoms with E-state index >= 15 is 0 Å². The van der Waals surface area contributed by atoms with E-state index in [1.54, 1.807) is 6.20 Å². The molecule has 0 atom stereocenters. The first-order valence-electron chi connectivity index (χ1n) is 4.36. The fraction of sp³-hybridized carbons (Fsp3) is 0.444. The molecule has 0 fully saturated rings. The maximum atomic E-state index is 5.87. The maximum absolute atomic E-state index is 5.87. The molecule has 2 aromatic heterocycles. The number of oxazole rings is 1. The summed E-state index contributed by atoms with van der Waals surface area (Å²) in [4.78, 5) is 4.29. The number of aryl methyl sites for hydroxylation is 1. The van der Waals surface area contributed by atoms with Gasteiger partial charge in [0, 0.05) is 5.56 Å². The lowest BCUT2D eigenvalue weighted by Crippen LogP contribution is -2.28. The lowest BCUT2D eigenvalue weighted by Gasteiger charge is -2.11. The van der Waals surface area contributed by atoms with Gasteiger partial charge in [-0.25, -0.2) is 4.98 Å².